The molecular formula is C8H13NO5. The molecule has 0 aromatic heterocycles. The van der Waals surface area contributed by atoms with Crippen molar-refractivity contribution < 1.29 is 24.5 Å². The molecule has 2 aliphatic heterocycles. The van der Waals surface area contributed by atoms with Crippen molar-refractivity contribution in [2.45, 2.75) is 37.6 Å². The second kappa shape index (κ2) is 3.47. The third-order valence-electron chi connectivity index (χ3n) is 2.50. The number of nitrogens with one attached hydrogen (secondary N) is 1. The van der Waals surface area contributed by atoms with Gasteiger partial charge in [-0.3, -0.25) is 4.79 Å². The quantitative estimate of drug-likeness (QED) is 0.457. The van der Waals surface area contributed by atoms with Crippen LogP contribution in [0.5, 0.6) is 0 Å². The predicted octanol–water partition coefficient (Wildman–Crippen LogP) is -2.03. The number of ether oxygens (including phenoxy) is 2. The summed E-state index contributed by atoms with van der Waals surface area (Å²) in [6.07, 6.45) is -3.18. The number of fused-ring (bicyclic) bond motifs is 2. The molecule has 6 heteroatoms. The Bertz CT molecular complexity index is 246. The molecule has 2 fully saturated rings. The standard InChI is InChI=1S/C8H13NO5/c1-3(10)9-5-7(12)6(11)4-2-13-8(5)14-4/h4-8,11-12H,2H2,1H3,(H,9,10)/t4-,5-,6-,7-,8?/m1/s1. The molecule has 0 aromatic rings. The normalized spacial score (nSPS) is 46.4. The lowest BCUT2D eigenvalue weighted by molar-refractivity contribution is -0.186. The lowest BCUT2D eigenvalue weighted by Gasteiger charge is -2.35. The number of amides is 1. The molecule has 6 nitrogen and oxygen atoms in total. The SMILES string of the molecule is CC(=O)N[C@H]1C2OC[C@@H](O2)[C@@H](O)[C@@H]1O. The summed E-state index contributed by atoms with van der Waals surface area (Å²) in [6, 6.07) is -0.693. The van der Waals surface area contributed by atoms with Crippen LogP contribution in [-0.4, -0.2) is 53.4 Å². The van der Waals surface area contributed by atoms with E-state index in [-0.39, 0.29) is 12.5 Å². The zero-order chi connectivity index (χ0) is 10.3. The van der Waals surface area contributed by atoms with Gasteiger partial charge in [-0.25, -0.2) is 0 Å². The van der Waals surface area contributed by atoms with Gasteiger partial charge in [0.2, 0.25) is 5.91 Å². The maximum absolute atomic E-state index is 10.8. The Kier molecular flexibility index (Phi) is 2.44. The highest BCUT2D eigenvalue weighted by Crippen LogP contribution is 2.27. The number of hydrogen-bond donors (Lipinski definition) is 3. The van der Waals surface area contributed by atoms with Gasteiger partial charge >= 0.3 is 0 Å². The van der Waals surface area contributed by atoms with Gasteiger partial charge in [-0.2, -0.15) is 0 Å². The highest BCUT2D eigenvalue weighted by Gasteiger charge is 2.49. The zero-order valence-corrected chi connectivity index (χ0v) is 7.71. The van der Waals surface area contributed by atoms with Crippen molar-refractivity contribution in [3.63, 3.8) is 0 Å². The van der Waals surface area contributed by atoms with Gasteiger partial charge in [-0.05, 0) is 0 Å². The first kappa shape index (κ1) is 9.85. The van der Waals surface area contributed by atoms with Crippen LogP contribution in [0.25, 0.3) is 0 Å². The molecule has 14 heavy (non-hydrogen) atoms. The Labute approximate surface area is 80.8 Å². The van der Waals surface area contributed by atoms with Crippen LogP contribution in [0.15, 0.2) is 0 Å². The Hall–Kier alpha value is -0.690. The smallest absolute Gasteiger partial charge is 0.217 e. The van der Waals surface area contributed by atoms with Crippen LogP contribution in [-0.2, 0) is 14.3 Å². The maximum Gasteiger partial charge on any atom is 0.217 e. The lowest BCUT2D eigenvalue weighted by atomic mass is 9.99. The van der Waals surface area contributed by atoms with Crippen LogP contribution < -0.4 is 5.32 Å². The first-order valence-corrected chi connectivity index (χ1v) is 4.50. The minimum atomic E-state index is -1.04. The van der Waals surface area contributed by atoms with Crippen molar-refractivity contribution >= 4 is 5.91 Å². The van der Waals surface area contributed by atoms with E-state index in [0.717, 1.165) is 0 Å². The topological polar surface area (TPSA) is 88.0 Å². The monoisotopic (exact) mass is 203 g/mol. The van der Waals surface area contributed by atoms with Gasteiger partial charge in [0.1, 0.15) is 24.4 Å². The van der Waals surface area contributed by atoms with Crippen LogP contribution >= 0.6 is 0 Å². The van der Waals surface area contributed by atoms with Crippen LogP contribution in [0.2, 0.25) is 0 Å². The van der Waals surface area contributed by atoms with Crippen molar-refractivity contribution in [2.24, 2.45) is 0 Å². The molecule has 80 valence electrons. The average Bonchev–Trinajstić information content (AvgIpc) is 2.55. The molecule has 0 radical (unpaired) electrons. The second-order valence-electron chi connectivity index (χ2n) is 3.58. The van der Waals surface area contributed by atoms with Gasteiger partial charge in [0.15, 0.2) is 6.29 Å². The van der Waals surface area contributed by atoms with E-state index in [0.29, 0.717) is 0 Å². The van der Waals surface area contributed by atoms with Crippen LogP contribution in [0.1, 0.15) is 6.92 Å². The van der Waals surface area contributed by atoms with E-state index < -0.39 is 30.6 Å². The molecule has 2 rings (SSSR count). The molecule has 2 bridgehead atoms. The lowest BCUT2D eigenvalue weighted by Crippen LogP contribution is -2.60. The first-order chi connectivity index (χ1) is 6.59. The molecule has 5 atom stereocenters. The Morgan fingerprint density at radius 2 is 2.14 bits per heavy atom. The van der Waals surface area contributed by atoms with Gasteiger partial charge in [0.25, 0.3) is 0 Å². The zero-order valence-electron chi connectivity index (χ0n) is 7.71. The largest absolute Gasteiger partial charge is 0.388 e. The molecule has 1 amide bonds. The van der Waals surface area contributed by atoms with Crippen LogP contribution in [0, 0.1) is 0 Å². The fourth-order valence-corrected chi connectivity index (χ4v) is 1.79. The van der Waals surface area contributed by atoms with Gasteiger partial charge in [-0.15, -0.1) is 0 Å². The summed E-state index contributed by atoms with van der Waals surface area (Å²) in [7, 11) is 0. The Morgan fingerprint density at radius 3 is 2.79 bits per heavy atom. The molecule has 1 unspecified atom stereocenters. The van der Waals surface area contributed by atoms with Crippen molar-refractivity contribution in [2.75, 3.05) is 6.61 Å². The molecule has 2 saturated heterocycles. The summed E-state index contributed by atoms with van der Waals surface area (Å²) < 4.78 is 10.4. The van der Waals surface area contributed by atoms with Gasteiger partial charge in [-0.1, -0.05) is 0 Å². The molecule has 0 aromatic carbocycles. The van der Waals surface area contributed by atoms with E-state index in [1.807, 2.05) is 0 Å². The van der Waals surface area contributed by atoms with Gasteiger partial charge in [0, 0.05) is 6.92 Å². The van der Waals surface area contributed by atoms with Crippen molar-refractivity contribution in [3.05, 3.63) is 0 Å². The summed E-state index contributed by atoms with van der Waals surface area (Å²) in [5.41, 5.74) is 0. The molecule has 3 N–H and O–H groups in total. The van der Waals surface area contributed by atoms with Crippen LogP contribution in [0.4, 0.5) is 0 Å². The molecule has 0 spiro atoms. The van der Waals surface area contributed by atoms with Gasteiger partial charge < -0.3 is 25.0 Å². The Morgan fingerprint density at radius 1 is 1.43 bits per heavy atom. The number of carbonyl (C=O) groups excluding carboxylic acids is 1. The molecule has 0 saturated carbocycles. The maximum atomic E-state index is 10.8. The first-order valence-electron chi connectivity index (χ1n) is 4.50. The second-order valence-corrected chi connectivity index (χ2v) is 3.58. The van der Waals surface area contributed by atoms with Crippen LogP contribution in [0.3, 0.4) is 0 Å². The molecule has 2 aliphatic rings. The van der Waals surface area contributed by atoms with Crippen molar-refractivity contribution in [3.8, 4) is 0 Å². The van der Waals surface area contributed by atoms with Gasteiger partial charge in [0.05, 0.1) is 6.61 Å². The number of aliphatic hydroxyl groups excluding tert-OH is 2. The third-order valence-corrected chi connectivity index (χ3v) is 2.50. The molecule has 0 aliphatic carbocycles. The molecule has 2 heterocycles. The number of aliphatic hydroxyl groups is 2. The fraction of sp³-hybridized carbons (Fsp3) is 0.875. The van der Waals surface area contributed by atoms with E-state index in [1.54, 1.807) is 0 Å². The minimum absolute atomic E-state index is 0.249. The fourth-order valence-electron chi connectivity index (χ4n) is 1.79. The number of hydrogen-bond acceptors (Lipinski definition) is 5. The Balaban J connectivity index is 2.10. The highest BCUT2D eigenvalue weighted by atomic mass is 16.7. The highest BCUT2D eigenvalue weighted by molar-refractivity contribution is 5.73. The number of carbonyl (C=O) groups is 1. The minimum Gasteiger partial charge on any atom is -0.388 e. The van der Waals surface area contributed by atoms with Crippen molar-refractivity contribution in [1.29, 1.82) is 0 Å². The summed E-state index contributed by atoms with van der Waals surface area (Å²) in [5, 5.41) is 21.7. The average molecular weight is 203 g/mol. The van der Waals surface area contributed by atoms with Crippen molar-refractivity contribution in [1.82, 2.24) is 5.32 Å². The van der Waals surface area contributed by atoms with E-state index in [4.69, 9.17) is 9.47 Å². The third kappa shape index (κ3) is 1.50. The van der Waals surface area contributed by atoms with E-state index in [1.165, 1.54) is 6.92 Å². The summed E-state index contributed by atoms with van der Waals surface area (Å²) >= 11 is 0. The summed E-state index contributed by atoms with van der Waals surface area (Å²) in [5.74, 6) is -0.293. The van der Waals surface area contributed by atoms with E-state index in [9.17, 15) is 15.0 Å². The predicted molar refractivity (Wildman–Crippen MR) is 44.2 cm³/mol. The summed E-state index contributed by atoms with van der Waals surface area (Å²) in [4.78, 5) is 10.8. The number of rotatable bonds is 1. The summed E-state index contributed by atoms with van der Waals surface area (Å²) in [6.45, 7) is 1.58. The van der Waals surface area contributed by atoms with E-state index in [2.05, 4.69) is 5.32 Å². The van der Waals surface area contributed by atoms with E-state index >= 15 is 0 Å². The molecular weight excluding hydrogens is 190 g/mol.